The molecular weight excluding hydrogens is 143 g/mol. The second-order valence-electron chi connectivity index (χ2n) is 1.53. The van der Waals surface area contributed by atoms with Crippen molar-refractivity contribution in [1.82, 2.24) is 0 Å². The molecule has 1 N–H and O–H groups in total. The topological polar surface area (TPSA) is 38.7 Å². The third-order valence-corrected chi connectivity index (χ3v) is 0.812. The van der Waals surface area contributed by atoms with Gasteiger partial charge in [-0.25, -0.2) is 0 Å². The van der Waals surface area contributed by atoms with Crippen molar-refractivity contribution in [2.45, 2.75) is 6.92 Å². The molecule has 10 heavy (non-hydrogen) atoms. The Balaban J connectivity index is 0. The van der Waals surface area contributed by atoms with Crippen molar-refractivity contribution in [3.05, 3.63) is 0 Å². The fraction of sp³-hybridized carbons (Fsp3) is 1.00. The summed E-state index contributed by atoms with van der Waals surface area (Å²) >= 11 is 0. The minimum atomic E-state index is 0. The summed E-state index contributed by atoms with van der Waals surface area (Å²) in [6, 6.07) is 0. The summed E-state index contributed by atoms with van der Waals surface area (Å²) in [5, 5.41) is 8.26. The van der Waals surface area contributed by atoms with Crippen molar-refractivity contribution in [3.63, 3.8) is 0 Å². The van der Waals surface area contributed by atoms with Crippen molar-refractivity contribution >= 4 is 29.6 Å². The molecule has 0 saturated carbocycles. The van der Waals surface area contributed by atoms with E-state index in [1.54, 1.807) is 0 Å². The van der Waals surface area contributed by atoms with Gasteiger partial charge < -0.3 is 14.6 Å². The largest absolute Gasteiger partial charge is 0.394 e. The van der Waals surface area contributed by atoms with Crippen molar-refractivity contribution in [1.29, 1.82) is 0 Å². The summed E-state index contributed by atoms with van der Waals surface area (Å²) in [6.45, 7) is 4.36. The van der Waals surface area contributed by atoms with Crippen molar-refractivity contribution in [2.75, 3.05) is 33.0 Å². The Hall–Kier alpha value is 0.880. The van der Waals surface area contributed by atoms with Crippen molar-refractivity contribution in [3.8, 4) is 0 Å². The molecule has 0 atom stereocenters. The van der Waals surface area contributed by atoms with Gasteiger partial charge in [-0.3, -0.25) is 0 Å². The summed E-state index contributed by atoms with van der Waals surface area (Å²) in [5.41, 5.74) is 0. The standard InChI is InChI=1S/C6H14O3.Na/c1-2-8-5-6-9-4-3-7;/h7H,2-6H2,1H3;. The zero-order valence-electron chi connectivity index (χ0n) is 6.80. The first kappa shape index (κ1) is 13.5. The zero-order valence-corrected chi connectivity index (χ0v) is 8.80. The minimum absolute atomic E-state index is 0. The van der Waals surface area contributed by atoms with Gasteiger partial charge in [0.15, 0.2) is 0 Å². The third-order valence-electron chi connectivity index (χ3n) is 0.812. The molecule has 0 aromatic rings. The van der Waals surface area contributed by atoms with Gasteiger partial charge in [-0.15, -0.1) is 0 Å². The molecule has 0 bridgehead atoms. The summed E-state index contributed by atoms with van der Waals surface area (Å²) < 4.78 is 9.88. The van der Waals surface area contributed by atoms with E-state index in [0.717, 1.165) is 6.61 Å². The molecule has 0 saturated heterocycles. The number of hydrogen-bond donors (Lipinski definition) is 1. The first-order chi connectivity index (χ1) is 4.41. The Labute approximate surface area is 84.0 Å². The fourth-order valence-electron chi connectivity index (χ4n) is 0.429. The summed E-state index contributed by atoms with van der Waals surface area (Å²) in [6.07, 6.45) is 0. The fourth-order valence-corrected chi connectivity index (χ4v) is 0.429. The van der Waals surface area contributed by atoms with Crippen LogP contribution in [-0.2, 0) is 9.47 Å². The summed E-state index contributed by atoms with van der Waals surface area (Å²) in [5.74, 6) is 0. The Bertz CT molecular complexity index is 46.3. The average molecular weight is 157 g/mol. The van der Waals surface area contributed by atoms with E-state index in [2.05, 4.69) is 0 Å². The molecule has 0 aromatic heterocycles. The number of hydrogen-bond acceptors (Lipinski definition) is 3. The maximum Gasteiger partial charge on any atom is 0.0701 e. The number of aliphatic hydroxyl groups is 1. The molecule has 4 heteroatoms. The van der Waals surface area contributed by atoms with E-state index in [1.165, 1.54) is 0 Å². The van der Waals surface area contributed by atoms with Crippen LogP contribution in [0.1, 0.15) is 6.92 Å². The molecule has 0 heterocycles. The van der Waals surface area contributed by atoms with Gasteiger partial charge >= 0.3 is 0 Å². The van der Waals surface area contributed by atoms with Crippen LogP contribution in [0.5, 0.6) is 0 Å². The van der Waals surface area contributed by atoms with Gasteiger partial charge in [0.2, 0.25) is 0 Å². The van der Waals surface area contributed by atoms with Crippen LogP contribution in [0.3, 0.4) is 0 Å². The molecule has 1 radical (unpaired) electrons. The van der Waals surface area contributed by atoms with E-state index in [4.69, 9.17) is 14.6 Å². The van der Waals surface area contributed by atoms with Gasteiger partial charge in [-0.05, 0) is 6.92 Å². The molecule has 0 spiro atoms. The second kappa shape index (κ2) is 12.5. The van der Waals surface area contributed by atoms with Gasteiger partial charge in [-0.1, -0.05) is 0 Å². The predicted molar refractivity (Wildman–Crippen MR) is 40.2 cm³/mol. The van der Waals surface area contributed by atoms with E-state index < -0.39 is 0 Å². The number of aliphatic hydroxyl groups excluding tert-OH is 1. The van der Waals surface area contributed by atoms with Gasteiger partial charge in [0.1, 0.15) is 0 Å². The van der Waals surface area contributed by atoms with Crippen LogP contribution in [0, 0.1) is 0 Å². The Morgan fingerprint density at radius 1 is 1.10 bits per heavy atom. The molecule has 0 amide bonds. The average Bonchev–Trinajstić information content (AvgIpc) is 1.89. The van der Waals surface area contributed by atoms with Gasteiger partial charge in [0.05, 0.1) is 26.4 Å². The molecule has 0 aliphatic carbocycles. The van der Waals surface area contributed by atoms with Crippen LogP contribution in [0.25, 0.3) is 0 Å². The number of rotatable bonds is 6. The smallest absolute Gasteiger partial charge is 0.0701 e. The zero-order chi connectivity index (χ0) is 6.95. The molecule has 0 aliphatic rings. The van der Waals surface area contributed by atoms with Crippen LogP contribution in [0.15, 0.2) is 0 Å². The van der Waals surface area contributed by atoms with E-state index in [-0.39, 0.29) is 36.2 Å². The number of ether oxygens (including phenoxy) is 2. The third kappa shape index (κ3) is 11.6. The monoisotopic (exact) mass is 157 g/mol. The van der Waals surface area contributed by atoms with Gasteiger partial charge in [0, 0.05) is 36.2 Å². The van der Waals surface area contributed by atoms with E-state index in [1.807, 2.05) is 6.92 Å². The Morgan fingerprint density at radius 3 is 2.20 bits per heavy atom. The molecule has 0 rings (SSSR count). The molecule has 0 aromatic carbocycles. The molecule has 57 valence electrons. The van der Waals surface area contributed by atoms with Crippen LogP contribution in [0.2, 0.25) is 0 Å². The minimum Gasteiger partial charge on any atom is -0.394 e. The molecule has 0 aliphatic heterocycles. The Kier molecular flexibility index (Phi) is 16.9. The van der Waals surface area contributed by atoms with Gasteiger partial charge in [0.25, 0.3) is 0 Å². The SMILES string of the molecule is CCOCCOCCO.[Na]. The molecule has 0 fully saturated rings. The molecule has 3 nitrogen and oxygen atoms in total. The maximum atomic E-state index is 8.26. The van der Waals surface area contributed by atoms with Crippen molar-refractivity contribution in [2.24, 2.45) is 0 Å². The van der Waals surface area contributed by atoms with Crippen LogP contribution in [0.4, 0.5) is 0 Å². The first-order valence-corrected chi connectivity index (χ1v) is 3.18. The van der Waals surface area contributed by atoms with Crippen LogP contribution < -0.4 is 0 Å². The first-order valence-electron chi connectivity index (χ1n) is 3.18. The Morgan fingerprint density at radius 2 is 1.70 bits per heavy atom. The van der Waals surface area contributed by atoms with E-state index in [0.29, 0.717) is 19.8 Å². The van der Waals surface area contributed by atoms with E-state index >= 15 is 0 Å². The molecule has 0 unspecified atom stereocenters. The van der Waals surface area contributed by atoms with E-state index in [9.17, 15) is 0 Å². The maximum absolute atomic E-state index is 8.26. The van der Waals surface area contributed by atoms with Crippen molar-refractivity contribution < 1.29 is 14.6 Å². The summed E-state index contributed by atoms with van der Waals surface area (Å²) in [4.78, 5) is 0. The van der Waals surface area contributed by atoms with Gasteiger partial charge in [-0.2, -0.15) is 0 Å². The molecular formula is C6H14NaO3. The predicted octanol–water partition coefficient (Wildman–Crippen LogP) is -0.349. The second-order valence-corrected chi connectivity index (χ2v) is 1.53. The summed E-state index contributed by atoms with van der Waals surface area (Å²) in [7, 11) is 0. The normalized spacial score (nSPS) is 9.00. The van der Waals surface area contributed by atoms with Crippen LogP contribution in [-0.4, -0.2) is 67.7 Å². The van der Waals surface area contributed by atoms with Crippen LogP contribution >= 0.6 is 0 Å². The quantitative estimate of drug-likeness (QED) is 0.423.